The lowest BCUT2D eigenvalue weighted by Gasteiger charge is -2.20. The van der Waals surface area contributed by atoms with Gasteiger partial charge in [0.25, 0.3) is 0 Å². The van der Waals surface area contributed by atoms with Crippen LogP contribution in [-0.2, 0) is 19.3 Å². The average molecular weight is 503 g/mol. The van der Waals surface area contributed by atoms with Gasteiger partial charge in [0.15, 0.2) is 0 Å². The SMILES string of the molecule is CCCCCCCCc1cc(C(=O)O)c(C(=O)O)c(CCCCCCCC)c1CCCCCCCC. The first kappa shape index (κ1) is 32.2. The number of rotatable bonds is 23. The number of carboxylic acids is 2. The molecule has 0 amide bonds. The Morgan fingerprint density at radius 3 is 1.33 bits per heavy atom. The molecule has 0 aliphatic heterocycles. The van der Waals surface area contributed by atoms with Crippen molar-refractivity contribution in [2.45, 2.75) is 156 Å². The van der Waals surface area contributed by atoms with E-state index in [0.717, 1.165) is 74.5 Å². The van der Waals surface area contributed by atoms with E-state index in [-0.39, 0.29) is 11.1 Å². The standard InChI is InChI=1S/C32H54O4/c1-4-7-10-13-16-19-22-26-25-29(31(33)34)30(32(35)36)28(24-21-18-15-12-9-6-3)27(26)23-20-17-14-11-8-5-2/h25H,4-24H2,1-3H3,(H,33,34)(H,35,36). The molecular weight excluding hydrogens is 448 g/mol. The van der Waals surface area contributed by atoms with Crippen LogP contribution in [0.5, 0.6) is 0 Å². The van der Waals surface area contributed by atoms with Gasteiger partial charge in [0.1, 0.15) is 0 Å². The van der Waals surface area contributed by atoms with Crippen molar-refractivity contribution < 1.29 is 19.8 Å². The fourth-order valence-electron chi connectivity index (χ4n) is 5.32. The van der Waals surface area contributed by atoms with Crippen LogP contribution in [0.2, 0.25) is 0 Å². The molecular formula is C32H54O4. The van der Waals surface area contributed by atoms with Crippen LogP contribution in [0.1, 0.15) is 174 Å². The summed E-state index contributed by atoms with van der Waals surface area (Å²) < 4.78 is 0. The molecule has 0 aliphatic carbocycles. The smallest absolute Gasteiger partial charge is 0.336 e. The molecule has 0 bridgehead atoms. The number of carbonyl (C=O) groups is 2. The lowest BCUT2D eigenvalue weighted by Crippen LogP contribution is -2.16. The molecule has 0 saturated heterocycles. The highest BCUT2D eigenvalue weighted by molar-refractivity contribution is 6.03. The molecule has 0 unspecified atom stereocenters. The Bertz CT molecular complexity index is 753. The first-order valence-electron chi connectivity index (χ1n) is 15.1. The van der Waals surface area contributed by atoms with Crippen molar-refractivity contribution >= 4 is 11.9 Å². The third kappa shape index (κ3) is 12.4. The first-order chi connectivity index (χ1) is 17.5. The van der Waals surface area contributed by atoms with Crippen LogP contribution in [0.3, 0.4) is 0 Å². The Balaban J connectivity index is 3.17. The molecule has 1 aromatic rings. The summed E-state index contributed by atoms with van der Waals surface area (Å²) in [5, 5.41) is 20.0. The van der Waals surface area contributed by atoms with Gasteiger partial charge in [-0.1, -0.05) is 117 Å². The summed E-state index contributed by atoms with van der Waals surface area (Å²) >= 11 is 0. The third-order valence-electron chi connectivity index (χ3n) is 7.45. The molecule has 0 aromatic heterocycles. The van der Waals surface area contributed by atoms with Crippen molar-refractivity contribution in [1.29, 1.82) is 0 Å². The molecule has 0 spiro atoms. The van der Waals surface area contributed by atoms with Crippen LogP contribution in [0.15, 0.2) is 6.07 Å². The molecule has 0 heterocycles. The van der Waals surface area contributed by atoms with E-state index in [9.17, 15) is 19.8 Å². The van der Waals surface area contributed by atoms with Crippen LogP contribution in [0.25, 0.3) is 0 Å². The number of hydrogen-bond donors (Lipinski definition) is 2. The van der Waals surface area contributed by atoms with Gasteiger partial charge in [-0.2, -0.15) is 0 Å². The molecule has 36 heavy (non-hydrogen) atoms. The topological polar surface area (TPSA) is 74.6 Å². The molecule has 4 nitrogen and oxygen atoms in total. The van der Waals surface area contributed by atoms with Crippen molar-refractivity contribution in [3.8, 4) is 0 Å². The summed E-state index contributed by atoms with van der Waals surface area (Å²) in [5.74, 6) is -2.21. The van der Waals surface area contributed by atoms with E-state index < -0.39 is 11.9 Å². The third-order valence-corrected chi connectivity index (χ3v) is 7.45. The summed E-state index contributed by atoms with van der Waals surface area (Å²) in [5.41, 5.74) is 3.07. The van der Waals surface area contributed by atoms with Gasteiger partial charge in [-0.15, -0.1) is 0 Å². The average Bonchev–Trinajstić information content (AvgIpc) is 2.85. The van der Waals surface area contributed by atoms with Crippen LogP contribution in [-0.4, -0.2) is 22.2 Å². The Labute approximate surface area is 221 Å². The fraction of sp³-hybridized carbons (Fsp3) is 0.750. The zero-order chi connectivity index (χ0) is 26.6. The summed E-state index contributed by atoms with van der Waals surface area (Å²) in [4.78, 5) is 24.5. The Kier molecular flexibility index (Phi) is 18.1. The Morgan fingerprint density at radius 1 is 0.528 bits per heavy atom. The Morgan fingerprint density at radius 2 is 0.917 bits per heavy atom. The fourth-order valence-corrected chi connectivity index (χ4v) is 5.32. The minimum absolute atomic E-state index is 0.0174. The van der Waals surface area contributed by atoms with Gasteiger partial charge in [0, 0.05) is 0 Å². The van der Waals surface area contributed by atoms with E-state index in [4.69, 9.17) is 0 Å². The maximum Gasteiger partial charge on any atom is 0.336 e. The van der Waals surface area contributed by atoms with Crippen LogP contribution in [0, 0.1) is 0 Å². The van der Waals surface area contributed by atoms with Gasteiger partial charge in [0.2, 0.25) is 0 Å². The molecule has 0 radical (unpaired) electrons. The highest BCUT2D eigenvalue weighted by Crippen LogP contribution is 2.30. The number of hydrogen-bond acceptors (Lipinski definition) is 2. The molecule has 206 valence electrons. The summed E-state index contributed by atoms with van der Waals surface area (Å²) in [6.07, 6.45) is 23.5. The van der Waals surface area contributed by atoms with Gasteiger partial charge in [-0.25, -0.2) is 9.59 Å². The highest BCUT2D eigenvalue weighted by atomic mass is 16.4. The van der Waals surface area contributed by atoms with Gasteiger partial charge < -0.3 is 10.2 Å². The van der Waals surface area contributed by atoms with E-state index in [1.165, 1.54) is 70.6 Å². The van der Waals surface area contributed by atoms with Crippen molar-refractivity contribution in [2.75, 3.05) is 0 Å². The summed E-state index contributed by atoms with van der Waals surface area (Å²) in [6, 6.07) is 1.70. The predicted molar refractivity (Wildman–Crippen MR) is 152 cm³/mol. The van der Waals surface area contributed by atoms with Crippen LogP contribution < -0.4 is 0 Å². The summed E-state index contributed by atoms with van der Waals surface area (Å²) in [7, 11) is 0. The van der Waals surface area contributed by atoms with Gasteiger partial charge >= 0.3 is 11.9 Å². The molecule has 0 aliphatic rings. The second kappa shape index (κ2) is 20.2. The highest BCUT2D eigenvalue weighted by Gasteiger charge is 2.25. The number of benzene rings is 1. The van der Waals surface area contributed by atoms with Crippen molar-refractivity contribution in [3.05, 3.63) is 33.9 Å². The largest absolute Gasteiger partial charge is 0.478 e. The van der Waals surface area contributed by atoms with Gasteiger partial charge in [-0.3, -0.25) is 0 Å². The predicted octanol–water partition coefficient (Wildman–Crippen LogP) is 9.79. The van der Waals surface area contributed by atoms with Crippen molar-refractivity contribution in [2.24, 2.45) is 0 Å². The number of aromatic carboxylic acids is 2. The normalized spacial score (nSPS) is 11.2. The van der Waals surface area contributed by atoms with E-state index in [1.54, 1.807) is 6.07 Å². The van der Waals surface area contributed by atoms with Gasteiger partial charge in [-0.05, 0) is 61.3 Å². The number of unbranched alkanes of at least 4 members (excludes halogenated alkanes) is 15. The summed E-state index contributed by atoms with van der Waals surface area (Å²) in [6.45, 7) is 6.65. The monoisotopic (exact) mass is 502 g/mol. The molecule has 0 fully saturated rings. The zero-order valence-corrected chi connectivity index (χ0v) is 23.6. The zero-order valence-electron chi connectivity index (χ0n) is 23.6. The minimum Gasteiger partial charge on any atom is -0.478 e. The van der Waals surface area contributed by atoms with Crippen molar-refractivity contribution in [1.82, 2.24) is 0 Å². The maximum absolute atomic E-state index is 12.3. The van der Waals surface area contributed by atoms with Crippen LogP contribution in [0.4, 0.5) is 0 Å². The van der Waals surface area contributed by atoms with E-state index >= 15 is 0 Å². The quantitative estimate of drug-likeness (QED) is 0.146. The number of aryl methyl sites for hydroxylation is 1. The van der Waals surface area contributed by atoms with Crippen molar-refractivity contribution in [3.63, 3.8) is 0 Å². The lowest BCUT2D eigenvalue weighted by molar-refractivity contribution is 0.0650. The molecule has 0 saturated carbocycles. The molecule has 2 N–H and O–H groups in total. The molecule has 4 heteroatoms. The van der Waals surface area contributed by atoms with E-state index in [0.29, 0.717) is 6.42 Å². The molecule has 0 atom stereocenters. The number of carboxylic acid groups (broad SMARTS) is 2. The Hall–Kier alpha value is -1.84. The second-order valence-electron chi connectivity index (χ2n) is 10.6. The lowest BCUT2D eigenvalue weighted by atomic mass is 9.84. The van der Waals surface area contributed by atoms with E-state index in [2.05, 4.69) is 20.8 Å². The maximum atomic E-state index is 12.3. The second-order valence-corrected chi connectivity index (χ2v) is 10.6. The van der Waals surface area contributed by atoms with Crippen LogP contribution >= 0.6 is 0 Å². The molecule has 1 aromatic carbocycles. The minimum atomic E-state index is -1.12. The van der Waals surface area contributed by atoms with Gasteiger partial charge in [0.05, 0.1) is 11.1 Å². The molecule has 1 rings (SSSR count). The van der Waals surface area contributed by atoms with E-state index in [1.807, 2.05) is 0 Å². The first-order valence-corrected chi connectivity index (χ1v) is 15.1.